The van der Waals surface area contributed by atoms with Gasteiger partial charge in [-0.05, 0) is 68.6 Å². The lowest BCUT2D eigenvalue weighted by molar-refractivity contribution is 0.0724. The van der Waals surface area contributed by atoms with Crippen LogP contribution < -0.4 is 10.6 Å². The molecule has 2 fully saturated rings. The van der Waals surface area contributed by atoms with Gasteiger partial charge in [0.1, 0.15) is 0 Å². The number of benzene rings is 1. The summed E-state index contributed by atoms with van der Waals surface area (Å²) in [7, 11) is 0. The van der Waals surface area contributed by atoms with Crippen molar-refractivity contribution < 1.29 is 4.79 Å². The first kappa shape index (κ1) is 18.2. The second-order valence-electron chi connectivity index (χ2n) is 7.22. The Morgan fingerprint density at radius 2 is 1.52 bits per heavy atom. The molecule has 0 bridgehead atoms. The zero-order chi connectivity index (χ0) is 17.5. The summed E-state index contributed by atoms with van der Waals surface area (Å²) >= 11 is 5.45. The van der Waals surface area contributed by atoms with E-state index in [1.54, 1.807) is 0 Å². The van der Waals surface area contributed by atoms with E-state index in [-0.39, 0.29) is 5.91 Å². The van der Waals surface area contributed by atoms with Crippen LogP contribution >= 0.6 is 12.2 Å². The Kier molecular flexibility index (Phi) is 6.68. The standard InChI is InChI=1S/C20H29N3OS/c24-19(23-14-6-3-7-15-23)16-10-12-18(13-11-16)22-20(25)21-17-8-4-1-2-5-9-17/h10-13,17H,1-9,14-15H2,(H2,21,22,25). The summed E-state index contributed by atoms with van der Waals surface area (Å²) in [5.41, 5.74) is 1.69. The molecule has 2 aliphatic rings. The van der Waals surface area contributed by atoms with Crippen LogP contribution in [0.1, 0.15) is 68.1 Å². The van der Waals surface area contributed by atoms with Crippen LogP contribution in [-0.4, -0.2) is 35.1 Å². The van der Waals surface area contributed by atoms with E-state index in [4.69, 9.17) is 12.2 Å². The molecule has 0 spiro atoms. The van der Waals surface area contributed by atoms with Gasteiger partial charge < -0.3 is 15.5 Å². The van der Waals surface area contributed by atoms with Gasteiger partial charge in [-0.15, -0.1) is 0 Å². The second-order valence-corrected chi connectivity index (χ2v) is 7.63. The van der Waals surface area contributed by atoms with Crippen molar-refractivity contribution in [3.05, 3.63) is 29.8 Å². The smallest absolute Gasteiger partial charge is 0.253 e. The van der Waals surface area contributed by atoms with E-state index in [0.717, 1.165) is 37.2 Å². The molecule has 1 heterocycles. The Labute approximate surface area is 156 Å². The predicted octanol–water partition coefficient (Wildman–Crippen LogP) is 4.32. The van der Waals surface area contributed by atoms with Gasteiger partial charge in [0.25, 0.3) is 5.91 Å². The lowest BCUT2D eigenvalue weighted by Crippen LogP contribution is -2.37. The van der Waals surface area contributed by atoms with E-state index in [1.165, 1.54) is 44.9 Å². The van der Waals surface area contributed by atoms with E-state index in [0.29, 0.717) is 11.2 Å². The van der Waals surface area contributed by atoms with Gasteiger partial charge in [-0.25, -0.2) is 0 Å². The predicted molar refractivity (Wildman–Crippen MR) is 107 cm³/mol. The molecule has 5 heteroatoms. The lowest BCUT2D eigenvalue weighted by Gasteiger charge is -2.26. The minimum atomic E-state index is 0.144. The van der Waals surface area contributed by atoms with E-state index in [1.807, 2.05) is 29.2 Å². The Bertz CT molecular complexity index is 573. The van der Waals surface area contributed by atoms with Crippen LogP contribution in [0.3, 0.4) is 0 Å². The van der Waals surface area contributed by atoms with Crippen LogP contribution in [-0.2, 0) is 0 Å². The number of hydrogen-bond donors (Lipinski definition) is 2. The molecule has 2 N–H and O–H groups in total. The molecule has 1 aromatic rings. The number of rotatable bonds is 3. The zero-order valence-electron chi connectivity index (χ0n) is 14.9. The van der Waals surface area contributed by atoms with Crippen molar-refractivity contribution in [3.63, 3.8) is 0 Å². The van der Waals surface area contributed by atoms with Gasteiger partial charge in [-0.1, -0.05) is 25.7 Å². The average molecular weight is 360 g/mol. The van der Waals surface area contributed by atoms with E-state index < -0.39 is 0 Å². The molecule has 1 aromatic carbocycles. The molecule has 1 aliphatic carbocycles. The highest BCUT2D eigenvalue weighted by atomic mass is 32.1. The second kappa shape index (κ2) is 9.18. The molecular formula is C20H29N3OS. The highest BCUT2D eigenvalue weighted by Gasteiger charge is 2.18. The molecule has 1 aliphatic heterocycles. The number of carbonyl (C=O) groups is 1. The average Bonchev–Trinajstić information content (AvgIpc) is 2.91. The summed E-state index contributed by atoms with van der Waals surface area (Å²) in [6.45, 7) is 1.77. The molecule has 0 radical (unpaired) electrons. The third-order valence-corrected chi connectivity index (χ3v) is 5.44. The highest BCUT2D eigenvalue weighted by Crippen LogP contribution is 2.18. The number of carbonyl (C=O) groups excluding carboxylic acids is 1. The fourth-order valence-electron chi connectivity index (χ4n) is 3.75. The van der Waals surface area contributed by atoms with Gasteiger partial charge in [-0.2, -0.15) is 0 Å². The van der Waals surface area contributed by atoms with Crippen molar-refractivity contribution in [2.45, 2.75) is 63.8 Å². The number of piperidine rings is 1. The van der Waals surface area contributed by atoms with Crippen molar-refractivity contribution in [2.24, 2.45) is 0 Å². The minimum Gasteiger partial charge on any atom is -0.360 e. The molecule has 1 saturated carbocycles. The number of nitrogens with one attached hydrogen (secondary N) is 2. The SMILES string of the molecule is O=C(c1ccc(NC(=S)NC2CCCCCC2)cc1)N1CCCCC1. The Balaban J connectivity index is 1.51. The van der Waals surface area contributed by atoms with Crippen LogP contribution in [0.25, 0.3) is 0 Å². The number of likely N-dealkylation sites (tertiary alicyclic amines) is 1. The molecule has 0 unspecified atom stereocenters. The quantitative estimate of drug-likeness (QED) is 0.623. The minimum absolute atomic E-state index is 0.144. The van der Waals surface area contributed by atoms with Gasteiger partial charge in [0.05, 0.1) is 0 Å². The number of thiocarbonyl (C=S) groups is 1. The fourth-order valence-corrected chi connectivity index (χ4v) is 4.04. The van der Waals surface area contributed by atoms with Crippen LogP contribution in [0.4, 0.5) is 5.69 Å². The Hall–Kier alpha value is -1.62. The first-order valence-corrected chi connectivity index (χ1v) is 10.1. The lowest BCUT2D eigenvalue weighted by atomic mass is 10.1. The molecule has 136 valence electrons. The third kappa shape index (κ3) is 5.43. The van der Waals surface area contributed by atoms with Crippen LogP contribution in [0.5, 0.6) is 0 Å². The Morgan fingerprint density at radius 3 is 2.16 bits per heavy atom. The maximum absolute atomic E-state index is 12.5. The van der Waals surface area contributed by atoms with Crippen molar-refractivity contribution in [3.8, 4) is 0 Å². The largest absolute Gasteiger partial charge is 0.360 e. The van der Waals surface area contributed by atoms with Crippen LogP contribution in [0.2, 0.25) is 0 Å². The third-order valence-electron chi connectivity index (χ3n) is 5.22. The van der Waals surface area contributed by atoms with Gasteiger partial charge in [0, 0.05) is 30.4 Å². The summed E-state index contributed by atoms with van der Waals surface area (Å²) in [4.78, 5) is 14.5. The molecule has 1 saturated heterocycles. The monoisotopic (exact) mass is 359 g/mol. The van der Waals surface area contributed by atoms with Crippen molar-refractivity contribution in [1.29, 1.82) is 0 Å². The maximum atomic E-state index is 12.5. The van der Waals surface area contributed by atoms with E-state index in [9.17, 15) is 4.79 Å². The highest BCUT2D eigenvalue weighted by molar-refractivity contribution is 7.80. The summed E-state index contributed by atoms with van der Waals surface area (Å²) < 4.78 is 0. The van der Waals surface area contributed by atoms with Crippen molar-refractivity contribution in [2.75, 3.05) is 18.4 Å². The molecule has 25 heavy (non-hydrogen) atoms. The maximum Gasteiger partial charge on any atom is 0.253 e. The normalized spacial score (nSPS) is 19.1. The summed E-state index contributed by atoms with van der Waals surface area (Å²) in [6, 6.07) is 8.17. The number of nitrogens with zero attached hydrogens (tertiary/aromatic N) is 1. The fraction of sp³-hybridized carbons (Fsp3) is 0.600. The number of anilines is 1. The van der Waals surface area contributed by atoms with Crippen molar-refractivity contribution in [1.82, 2.24) is 10.2 Å². The van der Waals surface area contributed by atoms with Gasteiger partial charge in [0.2, 0.25) is 0 Å². The van der Waals surface area contributed by atoms with Crippen LogP contribution in [0.15, 0.2) is 24.3 Å². The number of amides is 1. The Morgan fingerprint density at radius 1 is 0.920 bits per heavy atom. The van der Waals surface area contributed by atoms with Crippen molar-refractivity contribution >= 4 is 28.9 Å². The topological polar surface area (TPSA) is 44.4 Å². The van der Waals surface area contributed by atoms with E-state index >= 15 is 0 Å². The summed E-state index contributed by atoms with van der Waals surface area (Å²) in [6.07, 6.45) is 11.1. The first-order chi connectivity index (χ1) is 12.2. The number of hydrogen-bond acceptors (Lipinski definition) is 2. The molecule has 0 atom stereocenters. The summed E-state index contributed by atoms with van der Waals surface area (Å²) in [5.74, 6) is 0.144. The van der Waals surface area contributed by atoms with Gasteiger partial charge >= 0.3 is 0 Å². The first-order valence-electron chi connectivity index (χ1n) is 9.69. The zero-order valence-corrected chi connectivity index (χ0v) is 15.7. The molecule has 3 rings (SSSR count). The summed E-state index contributed by atoms with van der Waals surface area (Å²) in [5, 5.41) is 7.37. The molecular weight excluding hydrogens is 330 g/mol. The van der Waals surface area contributed by atoms with E-state index in [2.05, 4.69) is 10.6 Å². The van der Waals surface area contributed by atoms with Gasteiger partial charge in [-0.3, -0.25) is 4.79 Å². The molecule has 4 nitrogen and oxygen atoms in total. The molecule has 1 amide bonds. The van der Waals surface area contributed by atoms with Gasteiger partial charge in [0.15, 0.2) is 5.11 Å². The molecule has 0 aromatic heterocycles. The van der Waals surface area contributed by atoms with Crippen LogP contribution in [0, 0.1) is 0 Å².